The molecule has 0 aliphatic heterocycles. The van der Waals surface area contributed by atoms with Crippen LogP contribution in [0.4, 0.5) is 14.9 Å². The molecule has 6 nitrogen and oxygen atoms in total. The third kappa shape index (κ3) is 4.55. The second-order valence-corrected chi connectivity index (χ2v) is 6.55. The molecule has 1 amide bonds. The van der Waals surface area contributed by atoms with Gasteiger partial charge < -0.3 is 15.1 Å². The number of quaternary nitrogens is 1. The minimum Gasteiger partial charge on any atom is -0.435 e. The van der Waals surface area contributed by atoms with Crippen LogP contribution in [0.5, 0.6) is 0 Å². The summed E-state index contributed by atoms with van der Waals surface area (Å²) < 4.78 is 13.2. The number of benzene rings is 1. The summed E-state index contributed by atoms with van der Waals surface area (Å²) in [5, 5.41) is 19.6. The largest absolute Gasteiger partial charge is 0.518 e. The average molecular weight is 364 g/mol. The Kier molecular flexibility index (Phi) is 7.02. The van der Waals surface area contributed by atoms with Gasteiger partial charge in [0.05, 0.1) is 31.1 Å². The molecule has 7 heteroatoms. The van der Waals surface area contributed by atoms with Crippen molar-refractivity contribution in [1.29, 1.82) is 0 Å². The maximum Gasteiger partial charge on any atom is 0.518 e. The normalized spacial score (nSPS) is 13.9. The number of nitrogens with zero attached hydrogens (tertiary/aromatic N) is 3. The minimum absolute atomic E-state index is 0.121. The monoisotopic (exact) mass is 364 g/mol. The first kappa shape index (κ1) is 20.2. The Labute approximate surface area is 153 Å². The number of hydrogen-bond donors (Lipinski definition) is 2. The number of pyridine rings is 1. The molecule has 1 heterocycles. The van der Waals surface area contributed by atoms with E-state index in [0.717, 1.165) is 25.9 Å². The van der Waals surface area contributed by atoms with Crippen molar-refractivity contribution in [3.63, 3.8) is 0 Å². The van der Waals surface area contributed by atoms with E-state index in [1.807, 2.05) is 6.92 Å². The number of rotatable bonds is 9. The molecule has 0 saturated heterocycles. The summed E-state index contributed by atoms with van der Waals surface area (Å²) in [5.74, 6) is -0.393. The number of carbonyl (C=O) groups is 1. The number of hydrogen-bond acceptors (Lipinski definition) is 4. The molecule has 0 bridgehead atoms. The molecular formula is C19H27FN3O3+. The summed E-state index contributed by atoms with van der Waals surface area (Å²) in [5.41, 5.74) is 1.05. The average Bonchev–Trinajstić information content (AvgIpc) is 2.63. The van der Waals surface area contributed by atoms with E-state index in [0.29, 0.717) is 29.7 Å². The Morgan fingerprint density at radius 2 is 2.04 bits per heavy atom. The summed E-state index contributed by atoms with van der Waals surface area (Å²) in [4.78, 5) is 18.3. The Hall–Kier alpha value is -2.09. The fourth-order valence-corrected chi connectivity index (χ4v) is 3.19. The molecule has 2 rings (SSSR count). The van der Waals surface area contributed by atoms with Gasteiger partial charge in [-0.25, -0.2) is 4.39 Å². The van der Waals surface area contributed by atoms with E-state index in [9.17, 15) is 14.3 Å². The number of aliphatic hydroxyl groups excluding tert-OH is 1. The van der Waals surface area contributed by atoms with Gasteiger partial charge in [0, 0.05) is 24.9 Å². The van der Waals surface area contributed by atoms with Crippen LogP contribution in [0, 0.1) is 5.82 Å². The molecule has 0 aliphatic rings. The lowest BCUT2D eigenvalue weighted by molar-refractivity contribution is 0.154. The quantitative estimate of drug-likeness (QED) is 0.528. The number of aromatic nitrogens is 1. The number of carboxylic acid groups (broad SMARTS) is 1. The molecule has 1 unspecified atom stereocenters. The van der Waals surface area contributed by atoms with Gasteiger partial charge in [-0.15, -0.1) is 0 Å². The molecule has 0 aliphatic carbocycles. The third-order valence-electron chi connectivity index (χ3n) is 4.83. The first-order chi connectivity index (χ1) is 12.4. The molecular weight excluding hydrogens is 337 g/mol. The van der Waals surface area contributed by atoms with E-state index in [1.54, 1.807) is 19.2 Å². The van der Waals surface area contributed by atoms with Crippen LogP contribution in [0.15, 0.2) is 30.5 Å². The van der Waals surface area contributed by atoms with E-state index in [2.05, 4.69) is 9.88 Å². The van der Waals surface area contributed by atoms with Crippen LogP contribution >= 0.6 is 0 Å². The van der Waals surface area contributed by atoms with Gasteiger partial charge in [0.15, 0.2) is 5.69 Å². The fraction of sp³-hybridized carbons (Fsp3) is 0.474. The standard InChI is InChI=1S/C19H26FN3O3/c1-3-22(11-13-24)10-4-5-12-23(2,19(25)26)18-8-9-21-17-14-15(20)6-7-16(17)18/h6-9,14,24H,3-5,10-13H2,1-2H3/p+1. The van der Waals surface area contributed by atoms with Crippen LogP contribution in [-0.2, 0) is 0 Å². The van der Waals surface area contributed by atoms with Crippen molar-refractivity contribution in [2.24, 2.45) is 0 Å². The zero-order valence-corrected chi connectivity index (χ0v) is 15.4. The maximum atomic E-state index is 13.5. The Morgan fingerprint density at radius 1 is 1.27 bits per heavy atom. The van der Waals surface area contributed by atoms with Gasteiger partial charge in [-0.1, -0.05) is 6.92 Å². The molecule has 1 atom stereocenters. The lowest BCUT2D eigenvalue weighted by Gasteiger charge is -2.29. The van der Waals surface area contributed by atoms with Crippen molar-refractivity contribution < 1.29 is 19.4 Å². The molecule has 1 aromatic heterocycles. The number of unbranched alkanes of at least 4 members (excludes halogenated alkanes) is 1. The topological polar surface area (TPSA) is 73.7 Å². The van der Waals surface area contributed by atoms with Crippen LogP contribution in [0.2, 0.25) is 0 Å². The van der Waals surface area contributed by atoms with Gasteiger partial charge in [-0.3, -0.25) is 4.98 Å². The van der Waals surface area contributed by atoms with Crippen molar-refractivity contribution >= 4 is 22.7 Å². The van der Waals surface area contributed by atoms with E-state index in [1.165, 1.54) is 18.3 Å². The van der Waals surface area contributed by atoms with Crippen molar-refractivity contribution in [2.45, 2.75) is 19.8 Å². The lowest BCUT2D eigenvalue weighted by Crippen LogP contribution is -2.50. The summed E-state index contributed by atoms with van der Waals surface area (Å²) in [6, 6.07) is 5.93. The van der Waals surface area contributed by atoms with E-state index < -0.39 is 11.9 Å². The number of halogens is 1. The van der Waals surface area contributed by atoms with Crippen LogP contribution in [0.25, 0.3) is 10.9 Å². The summed E-state index contributed by atoms with van der Waals surface area (Å²) in [7, 11) is 1.66. The van der Waals surface area contributed by atoms with Gasteiger partial charge in [-0.05, 0) is 38.1 Å². The third-order valence-corrected chi connectivity index (χ3v) is 4.83. The van der Waals surface area contributed by atoms with E-state index in [-0.39, 0.29) is 11.1 Å². The van der Waals surface area contributed by atoms with Gasteiger partial charge in [0.1, 0.15) is 5.82 Å². The van der Waals surface area contributed by atoms with Crippen molar-refractivity contribution in [2.75, 3.05) is 39.8 Å². The molecule has 2 aromatic rings. The number of fused-ring (bicyclic) bond motifs is 1. The molecule has 26 heavy (non-hydrogen) atoms. The van der Waals surface area contributed by atoms with Gasteiger partial charge in [0.25, 0.3) is 0 Å². The molecule has 0 radical (unpaired) electrons. The van der Waals surface area contributed by atoms with Crippen LogP contribution in [0.3, 0.4) is 0 Å². The lowest BCUT2D eigenvalue weighted by atomic mass is 10.1. The van der Waals surface area contributed by atoms with Gasteiger partial charge >= 0.3 is 6.09 Å². The number of aliphatic hydroxyl groups is 1. The molecule has 0 saturated carbocycles. The van der Waals surface area contributed by atoms with Gasteiger partial charge in [-0.2, -0.15) is 9.28 Å². The smallest absolute Gasteiger partial charge is 0.435 e. The molecule has 1 aromatic carbocycles. The predicted molar refractivity (Wildman–Crippen MR) is 101 cm³/mol. The van der Waals surface area contributed by atoms with Crippen molar-refractivity contribution in [1.82, 2.24) is 14.4 Å². The zero-order chi connectivity index (χ0) is 19.2. The fourth-order valence-electron chi connectivity index (χ4n) is 3.19. The van der Waals surface area contributed by atoms with Crippen LogP contribution in [-0.4, -0.2) is 66.0 Å². The highest BCUT2D eigenvalue weighted by molar-refractivity contribution is 5.96. The van der Waals surface area contributed by atoms with Gasteiger partial charge in [0.2, 0.25) is 0 Å². The van der Waals surface area contributed by atoms with E-state index in [4.69, 9.17) is 5.11 Å². The van der Waals surface area contributed by atoms with Crippen molar-refractivity contribution in [3.05, 3.63) is 36.3 Å². The first-order valence-electron chi connectivity index (χ1n) is 8.89. The molecule has 0 fully saturated rings. The van der Waals surface area contributed by atoms with E-state index >= 15 is 0 Å². The highest BCUT2D eigenvalue weighted by atomic mass is 19.1. The second kappa shape index (κ2) is 9.02. The maximum absolute atomic E-state index is 13.5. The summed E-state index contributed by atoms with van der Waals surface area (Å²) in [6.45, 7) is 4.88. The SMILES string of the molecule is CCN(CCO)CCCC[N+](C)(C(=O)O)c1ccnc2cc(F)ccc12. The van der Waals surface area contributed by atoms with Crippen LogP contribution in [0.1, 0.15) is 19.8 Å². The predicted octanol–water partition coefficient (Wildman–Crippen LogP) is 3.08. The molecule has 0 spiro atoms. The Bertz CT molecular complexity index is 756. The molecule has 142 valence electrons. The highest BCUT2D eigenvalue weighted by Gasteiger charge is 2.35. The zero-order valence-electron chi connectivity index (χ0n) is 15.4. The van der Waals surface area contributed by atoms with Crippen LogP contribution < -0.4 is 4.48 Å². The van der Waals surface area contributed by atoms with Crippen molar-refractivity contribution in [3.8, 4) is 0 Å². The Balaban J connectivity index is 2.18. The minimum atomic E-state index is -0.954. The number of likely N-dealkylation sites (N-methyl/N-ethyl adjacent to an activating group) is 1. The summed E-state index contributed by atoms with van der Waals surface area (Å²) >= 11 is 0. The summed E-state index contributed by atoms with van der Waals surface area (Å²) in [6.07, 6.45) is 2.13. The second-order valence-electron chi connectivity index (χ2n) is 6.55. The number of amides is 1. The first-order valence-corrected chi connectivity index (χ1v) is 8.89. The highest BCUT2D eigenvalue weighted by Crippen LogP contribution is 2.30. The molecule has 2 N–H and O–H groups in total. The Morgan fingerprint density at radius 3 is 2.69 bits per heavy atom.